The third-order valence-corrected chi connectivity index (χ3v) is 8.77. The normalized spacial score (nSPS) is 42.3. The minimum atomic E-state index is -0.230. The molecule has 1 amide bonds. The van der Waals surface area contributed by atoms with Gasteiger partial charge in [-0.3, -0.25) is 4.79 Å². The van der Waals surface area contributed by atoms with Crippen LogP contribution in [0.3, 0.4) is 0 Å². The van der Waals surface area contributed by atoms with E-state index in [-0.39, 0.29) is 16.2 Å². The molecule has 5 fully saturated rings. The number of amides is 1. The van der Waals surface area contributed by atoms with E-state index >= 15 is 0 Å². The Hall–Kier alpha value is -1.39. The number of rotatable bonds is 6. The zero-order chi connectivity index (χ0) is 20.8. The van der Waals surface area contributed by atoms with Gasteiger partial charge in [-0.25, -0.2) is 0 Å². The van der Waals surface area contributed by atoms with Gasteiger partial charge in [0, 0.05) is 18.7 Å². The summed E-state index contributed by atoms with van der Waals surface area (Å²) in [6.45, 7) is 3.65. The van der Waals surface area contributed by atoms with Gasteiger partial charge in [-0.2, -0.15) is 0 Å². The van der Waals surface area contributed by atoms with E-state index in [9.17, 15) is 4.79 Å². The summed E-state index contributed by atoms with van der Waals surface area (Å²) in [7, 11) is 0. The Balaban J connectivity index is 1.45. The van der Waals surface area contributed by atoms with Crippen molar-refractivity contribution >= 4 is 5.91 Å². The summed E-state index contributed by atoms with van der Waals surface area (Å²) in [6, 6.07) is 11.7. The molecule has 4 atom stereocenters. The SMILES string of the molecule is CCOCC12C[C@H]3CC(C(=O)N[C@H]4CC[C@H](N)CC4)(C1)CC(c1ccccc1)(C3)C2. The number of nitrogens with two attached hydrogens (primary N) is 1. The van der Waals surface area contributed by atoms with Crippen molar-refractivity contribution in [2.45, 2.75) is 88.6 Å². The third-order valence-electron chi connectivity index (χ3n) is 8.77. The first-order valence-corrected chi connectivity index (χ1v) is 12.2. The standard InChI is InChI=1S/C26H38N2O2/c1-2-30-18-24-12-19-13-25(15-24,20-6-4-3-5-7-20)17-26(14-19,16-24)23(29)28-22-10-8-21(27)9-11-22/h3-7,19,21-22H,2,8-18,27H2,1H3,(H,28,29)/t19-,21-,22-,24?,25?,26?/m1/s1. The summed E-state index contributed by atoms with van der Waals surface area (Å²) in [5, 5.41) is 3.50. The van der Waals surface area contributed by atoms with Crippen LogP contribution in [0.5, 0.6) is 0 Å². The number of hydrogen-bond acceptors (Lipinski definition) is 3. The van der Waals surface area contributed by atoms with E-state index < -0.39 is 0 Å². The molecule has 4 nitrogen and oxygen atoms in total. The molecule has 0 aliphatic heterocycles. The monoisotopic (exact) mass is 410 g/mol. The summed E-state index contributed by atoms with van der Waals surface area (Å²) in [5.41, 5.74) is 7.58. The van der Waals surface area contributed by atoms with Crippen LogP contribution in [0.25, 0.3) is 0 Å². The maximum Gasteiger partial charge on any atom is 0.226 e. The predicted octanol–water partition coefficient (Wildman–Crippen LogP) is 4.32. The summed E-state index contributed by atoms with van der Waals surface area (Å²) in [4.78, 5) is 13.9. The van der Waals surface area contributed by atoms with Crippen molar-refractivity contribution in [1.82, 2.24) is 5.32 Å². The van der Waals surface area contributed by atoms with E-state index in [1.54, 1.807) is 0 Å². The summed E-state index contributed by atoms with van der Waals surface area (Å²) < 4.78 is 6.04. The zero-order valence-corrected chi connectivity index (χ0v) is 18.5. The molecule has 164 valence electrons. The fraction of sp³-hybridized carbons (Fsp3) is 0.731. The highest BCUT2D eigenvalue weighted by Gasteiger charge is 2.66. The highest BCUT2D eigenvalue weighted by atomic mass is 16.5. The molecule has 3 unspecified atom stereocenters. The Morgan fingerprint density at radius 1 is 1.07 bits per heavy atom. The lowest BCUT2D eigenvalue weighted by Crippen LogP contribution is -2.64. The number of carbonyl (C=O) groups is 1. The molecular weight excluding hydrogens is 372 g/mol. The average Bonchev–Trinajstić information content (AvgIpc) is 2.74. The number of benzene rings is 1. The molecule has 3 N–H and O–H groups in total. The molecule has 1 aromatic carbocycles. The van der Waals surface area contributed by atoms with Crippen LogP contribution in [0.15, 0.2) is 30.3 Å². The molecule has 30 heavy (non-hydrogen) atoms. The van der Waals surface area contributed by atoms with Crippen molar-refractivity contribution in [2.24, 2.45) is 22.5 Å². The van der Waals surface area contributed by atoms with Gasteiger partial charge in [0.15, 0.2) is 0 Å². The molecule has 0 saturated heterocycles. The molecule has 0 aromatic heterocycles. The molecule has 4 bridgehead atoms. The largest absolute Gasteiger partial charge is 0.381 e. The third kappa shape index (κ3) is 3.50. The maximum absolute atomic E-state index is 13.9. The summed E-state index contributed by atoms with van der Waals surface area (Å²) in [6.07, 6.45) is 10.8. The van der Waals surface area contributed by atoms with Crippen LogP contribution in [-0.4, -0.2) is 31.2 Å². The van der Waals surface area contributed by atoms with Crippen molar-refractivity contribution in [3.05, 3.63) is 35.9 Å². The number of nitrogens with one attached hydrogen (secondary N) is 1. The Bertz CT molecular complexity index is 774. The van der Waals surface area contributed by atoms with Gasteiger partial charge in [-0.15, -0.1) is 0 Å². The van der Waals surface area contributed by atoms with Crippen molar-refractivity contribution < 1.29 is 9.53 Å². The van der Waals surface area contributed by atoms with E-state index in [4.69, 9.17) is 10.5 Å². The molecule has 5 aliphatic carbocycles. The van der Waals surface area contributed by atoms with Gasteiger partial charge < -0.3 is 15.8 Å². The van der Waals surface area contributed by atoms with Crippen LogP contribution in [0.2, 0.25) is 0 Å². The quantitative estimate of drug-likeness (QED) is 0.734. The minimum absolute atomic E-state index is 0.129. The number of carbonyl (C=O) groups excluding carboxylic acids is 1. The highest BCUT2D eigenvalue weighted by Crippen LogP contribution is 2.70. The Morgan fingerprint density at radius 3 is 2.57 bits per heavy atom. The predicted molar refractivity (Wildman–Crippen MR) is 119 cm³/mol. The van der Waals surface area contributed by atoms with Gasteiger partial charge in [-0.05, 0) is 93.4 Å². The van der Waals surface area contributed by atoms with E-state index in [2.05, 4.69) is 42.6 Å². The Kier molecular flexibility index (Phi) is 5.22. The lowest BCUT2D eigenvalue weighted by atomic mass is 9.38. The minimum Gasteiger partial charge on any atom is -0.381 e. The first-order valence-electron chi connectivity index (χ1n) is 12.2. The second kappa shape index (κ2) is 7.63. The number of hydrogen-bond donors (Lipinski definition) is 2. The molecule has 6 rings (SSSR count). The maximum atomic E-state index is 13.9. The van der Waals surface area contributed by atoms with Crippen LogP contribution < -0.4 is 11.1 Å². The van der Waals surface area contributed by atoms with Crippen molar-refractivity contribution in [1.29, 1.82) is 0 Å². The fourth-order valence-corrected chi connectivity index (χ4v) is 8.09. The molecule has 0 spiro atoms. The molecule has 0 radical (unpaired) electrons. The van der Waals surface area contributed by atoms with Crippen LogP contribution in [0, 0.1) is 16.7 Å². The van der Waals surface area contributed by atoms with Gasteiger partial charge >= 0.3 is 0 Å². The number of ether oxygens (including phenoxy) is 1. The van der Waals surface area contributed by atoms with Gasteiger partial charge in [0.25, 0.3) is 0 Å². The lowest BCUT2D eigenvalue weighted by molar-refractivity contribution is -0.172. The zero-order valence-electron chi connectivity index (χ0n) is 18.5. The van der Waals surface area contributed by atoms with Crippen LogP contribution in [0.4, 0.5) is 0 Å². The molecule has 5 aliphatic rings. The van der Waals surface area contributed by atoms with E-state index in [1.165, 1.54) is 24.8 Å². The Labute approximate surface area is 181 Å². The topological polar surface area (TPSA) is 64.3 Å². The fourth-order valence-electron chi connectivity index (χ4n) is 8.09. The summed E-state index contributed by atoms with van der Waals surface area (Å²) in [5.74, 6) is 0.959. The molecule has 1 aromatic rings. The van der Waals surface area contributed by atoms with E-state index in [0.29, 0.717) is 23.9 Å². The van der Waals surface area contributed by atoms with E-state index in [0.717, 1.165) is 58.2 Å². The molecular formula is C26H38N2O2. The summed E-state index contributed by atoms with van der Waals surface area (Å²) >= 11 is 0. The van der Waals surface area contributed by atoms with Crippen LogP contribution in [-0.2, 0) is 14.9 Å². The first kappa shape index (κ1) is 20.5. The van der Waals surface area contributed by atoms with E-state index in [1.807, 2.05) is 0 Å². The Morgan fingerprint density at radius 2 is 1.83 bits per heavy atom. The van der Waals surface area contributed by atoms with Crippen molar-refractivity contribution in [3.63, 3.8) is 0 Å². The van der Waals surface area contributed by atoms with Gasteiger partial charge in [0.2, 0.25) is 5.91 Å². The van der Waals surface area contributed by atoms with Crippen LogP contribution in [0.1, 0.15) is 76.7 Å². The first-order chi connectivity index (χ1) is 14.5. The lowest BCUT2D eigenvalue weighted by Gasteiger charge is -2.66. The average molecular weight is 411 g/mol. The van der Waals surface area contributed by atoms with Crippen molar-refractivity contribution in [2.75, 3.05) is 13.2 Å². The van der Waals surface area contributed by atoms with Crippen molar-refractivity contribution in [3.8, 4) is 0 Å². The van der Waals surface area contributed by atoms with Crippen LogP contribution >= 0.6 is 0 Å². The molecule has 5 saturated carbocycles. The molecule has 4 heteroatoms. The van der Waals surface area contributed by atoms with Gasteiger partial charge in [0.1, 0.15) is 0 Å². The smallest absolute Gasteiger partial charge is 0.226 e. The second-order valence-electron chi connectivity index (χ2n) is 11.2. The van der Waals surface area contributed by atoms with Gasteiger partial charge in [0.05, 0.1) is 12.0 Å². The van der Waals surface area contributed by atoms with Gasteiger partial charge in [-0.1, -0.05) is 30.3 Å². The second-order valence-corrected chi connectivity index (χ2v) is 11.2. The highest BCUT2D eigenvalue weighted by molar-refractivity contribution is 5.84. The molecule has 0 heterocycles.